The number of nitrogens with one attached hydrogen (secondary N) is 2. The van der Waals surface area contributed by atoms with Crippen LogP contribution in [0.5, 0.6) is 0 Å². The third-order valence-corrected chi connectivity index (χ3v) is 5.78. The molecule has 126 valence electrons. The van der Waals surface area contributed by atoms with E-state index in [4.69, 9.17) is 23.2 Å². The van der Waals surface area contributed by atoms with Crippen molar-refractivity contribution in [3.8, 4) is 0 Å². The number of sulfonamides is 1. The molecule has 24 heavy (non-hydrogen) atoms. The van der Waals surface area contributed by atoms with Crippen LogP contribution >= 0.6 is 23.2 Å². The number of fused-ring (bicyclic) bond motifs is 1. The molecule has 0 spiro atoms. The molecule has 2 N–H and O–H groups in total. The summed E-state index contributed by atoms with van der Waals surface area (Å²) < 4.78 is 40.5. The van der Waals surface area contributed by atoms with Crippen LogP contribution < -0.4 is 4.72 Å². The normalized spacial score (nSPS) is 12.0. The minimum atomic E-state index is -3.78. The van der Waals surface area contributed by atoms with E-state index in [0.29, 0.717) is 6.42 Å². The van der Waals surface area contributed by atoms with Gasteiger partial charge in [-0.3, -0.25) is 0 Å². The molecular weight excluding hydrogens is 374 g/mol. The Balaban J connectivity index is 1.75. The average Bonchev–Trinajstić information content (AvgIpc) is 2.92. The smallest absolute Gasteiger partial charge is 0.242 e. The monoisotopic (exact) mass is 386 g/mol. The zero-order chi connectivity index (χ0) is 17.3. The predicted octanol–water partition coefficient (Wildman–Crippen LogP) is 4.13. The molecule has 0 radical (unpaired) electrons. The summed E-state index contributed by atoms with van der Waals surface area (Å²) in [5, 5.41) is 1.11. The largest absolute Gasteiger partial charge is 0.361 e. The maximum atomic E-state index is 13.4. The number of rotatable bonds is 5. The fraction of sp³-hybridized carbons (Fsp3) is 0.125. The highest BCUT2D eigenvalue weighted by Crippen LogP contribution is 2.25. The van der Waals surface area contributed by atoms with Gasteiger partial charge in [0, 0.05) is 28.7 Å². The number of benzene rings is 2. The quantitative estimate of drug-likeness (QED) is 0.692. The minimum absolute atomic E-state index is 0.0679. The molecule has 0 saturated heterocycles. The molecule has 3 rings (SSSR count). The summed E-state index contributed by atoms with van der Waals surface area (Å²) in [4.78, 5) is 2.96. The molecule has 0 bridgehead atoms. The maximum Gasteiger partial charge on any atom is 0.242 e. The molecule has 3 aromatic rings. The number of H-pyrrole nitrogens is 1. The van der Waals surface area contributed by atoms with Crippen molar-refractivity contribution in [3.05, 3.63) is 64.0 Å². The zero-order valence-electron chi connectivity index (χ0n) is 12.3. The van der Waals surface area contributed by atoms with Gasteiger partial charge in [0.1, 0.15) is 10.7 Å². The van der Waals surface area contributed by atoms with Gasteiger partial charge in [0.25, 0.3) is 0 Å². The number of hydrogen-bond donors (Lipinski definition) is 2. The molecule has 1 aromatic heterocycles. The highest BCUT2D eigenvalue weighted by molar-refractivity contribution is 7.89. The van der Waals surface area contributed by atoms with Gasteiger partial charge in [0.15, 0.2) is 0 Å². The van der Waals surface area contributed by atoms with Crippen molar-refractivity contribution in [3.63, 3.8) is 0 Å². The first kappa shape index (κ1) is 17.2. The molecule has 0 unspecified atom stereocenters. The Morgan fingerprint density at radius 2 is 1.92 bits per heavy atom. The summed E-state index contributed by atoms with van der Waals surface area (Å²) in [6.07, 6.45) is 2.14. The van der Waals surface area contributed by atoms with Gasteiger partial charge in [-0.2, -0.15) is 0 Å². The van der Waals surface area contributed by atoms with Gasteiger partial charge < -0.3 is 4.98 Å². The van der Waals surface area contributed by atoms with Crippen molar-refractivity contribution in [1.82, 2.24) is 9.71 Å². The minimum Gasteiger partial charge on any atom is -0.361 e. The third kappa shape index (κ3) is 3.57. The molecule has 0 aliphatic rings. The second kappa shape index (κ2) is 6.72. The van der Waals surface area contributed by atoms with Gasteiger partial charge in [-0.25, -0.2) is 17.5 Å². The summed E-state index contributed by atoms with van der Waals surface area (Å²) >= 11 is 11.8. The lowest BCUT2D eigenvalue weighted by atomic mass is 10.1. The van der Waals surface area contributed by atoms with Gasteiger partial charge in [0.2, 0.25) is 10.0 Å². The molecule has 2 aromatic carbocycles. The highest BCUT2D eigenvalue weighted by atomic mass is 35.5. The molecular formula is C16H13Cl2FN2O2S. The van der Waals surface area contributed by atoms with Gasteiger partial charge in [-0.05, 0) is 48.4 Å². The topological polar surface area (TPSA) is 62.0 Å². The summed E-state index contributed by atoms with van der Waals surface area (Å²) in [5.41, 5.74) is 1.62. The van der Waals surface area contributed by atoms with E-state index in [1.165, 1.54) is 30.3 Å². The second-order valence-electron chi connectivity index (χ2n) is 5.23. The molecule has 0 aliphatic carbocycles. The van der Waals surface area contributed by atoms with Crippen LogP contribution in [-0.4, -0.2) is 19.9 Å². The Morgan fingerprint density at radius 1 is 1.12 bits per heavy atom. The molecule has 8 heteroatoms. The van der Waals surface area contributed by atoms with Crippen LogP contribution in [0.1, 0.15) is 5.56 Å². The van der Waals surface area contributed by atoms with E-state index in [0.717, 1.165) is 16.5 Å². The van der Waals surface area contributed by atoms with E-state index < -0.39 is 10.0 Å². The van der Waals surface area contributed by atoms with E-state index >= 15 is 0 Å². The van der Waals surface area contributed by atoms with E-state index in [1.807, 2.05) is 0 Å². The number of halogens is 3. The molecule has 4 nitrogen and oxygen atoms in total. The van der Waals surface area contributed by atoms with Gasteiger partial charge in [-0.15, -0.1) is 0 Å². The Bertz CT molecular complexity index is 1000. The Morgan fingerprint density at radius 3 is 2.71 bits per heavy atom. The Kier molecular flexibility index (Phi) is 4.83. The number of aromatic nitrogens is 1. The molecule has 0 saturated carbocycles. The van der Waals surface area contributed by atoms with Crippen molar-refractivity contribution in [2.75, 3.05) is 6.54 Å². The van der Waals surface area contributed by atoms with Crippen molar-refractivity contribution < 1.29 is 12.8 Å². The lowest BCUT2D eigenvalue weighted by Gasteiger charge is -2.08. The fourth-order valence-corrected chi connectivity index (χ4v) is 4.23. The van der Waals surface area contributed by atoms with Crippen LogP contribution in [0.3, 0.4) is 0 Å². The number of aromatic amines is 1. The van der Waals surface area contributed by atoms with Crippen molar-refractivity contribution in [2.45, 2.75) is 11.3 Å². The Hall–Kier alpha value is -1.60. The summed E-state index contributed by atoms with van der Waals surface area (Å²) in [7, 11) is -3.78. The highest BCUT2D eigenvalue weighted by Gasteiger charge is 2.18. The van der Waals surface area contributed by atoms with Crippen LogP contribution in [0.2, 0.25) is 10.0 Å². The van der Waals surface area contributed by atoms with Crippen molar-refractivity contribution in [1.29, 1.82) is 0 Å². The van der Waals surface area contributed by atoms with Crippen LogP contribution in [0.15, 0.2) is 47.5 Å². The molecule has 0 aliphatic heterocycles. The lowest BCUT2D eigenvalue weighted by molar-refractivity contribution is 0.581. The van der Waals surface area contributed by atoms with Crippen LogP contribution in [-0.2, 0) is 16.4 Å². The van der Waals surface area contributed by atoms with Gasteiger partial charge in [-0.1, -0.05) is 23.2 Å². The first-order valence-corrected chi connectivity index (χ1v) is 9.31. The summed E-state index contributed by atoms with van der Waals surface area (Å²) in [5.74, 6) is -0.338. The number of hydrogen-bond acceptors (Lipinski definition) is 2. The maximum absolute atomic E-state index is 13.4. The molecule has 0 atom stereocenters. The molecule has 1 heterocycles. The van der Waals surface area contributed by atoms with Crippen LogP contribution in [0.4, 0.5) is 4.39 Å². The van der Waals surface area contributed by atoms with Gasteiger partial charge >= 0.3 is 0 Å². The third-order valence-electron chi connectivity index (χ3n) is 3.60. The van der Waals surface area contributed by atoms with Crippen LogP contribution in [0, 0.1) is 5.82 Å². The lowest BCUT2D eigenvalue weighted by Crippen LogP contribution is -2.26. The first-order valence-electron chi connectivity index (χ1n) is 7.07. The average molecular weight is 387 g/mol. The second-order valence-corrected chi connectivity index (χ2v) is 7.81. The zero-order valence-corrected chi connectivity index (χ0v) is 14.6. The van der Waals surface area contributed by atoms with Crippen molar-refractivity contribution in [2.24, 2.45) is 0 Å². The summed E-state index contributed by atoms with van der Waals surface area (Å²) in [6, 6.07) is 8.68. The first-order chi connectivity index (χ1) is 11.4. The SMILES string of the molecule is O=S(=O)(NCCc1c[nH]c2ccc(F)cc12)c1cc(Cl)ccc1Cl. The standard InChI is InChI=1S/C16H13Cl2FN2O2S/c17-11-1-3-14(18)16(7-11)24(22,23)21-6-5-10-9-20-15-4-2-12(19)8-13(10)15/h1-4,7-9,20-21H,5-6H2. The van der Waals surface area contributed by atoms with Crippen molar-refractivity contribution >= 4 is 44.1 Å². The fourth-order valence-electron chi connectivity index (χ4n) is 2.44. The predicted molar refractivity (Wildman–Crippen MR) is 93.6 cm³/mol. The van der Waals surface area contributed by atoms with E-state index in [-0.39, 0.29) is 27.3 Å². The Labute approximate surface area is 148 Å². The van der Waals surface area contributed by atoms with E-state index in [9.17, 15) is 12.8 Å². The van der Waals surface area contributed by atoms with Crippen LogP contribution in [0.25, 0.3) is 10.9 Å². The molecule has 0 amide bonds. The van der Waals surface area contributed by atoms with E-state index in [1.54, 1.807) is 12.3 Å². The summed E-state index contributed by atoms with van der Waals surface area (Å²) in [6.45, 7) is 0.147. The van der Waals surface area contributed by atoms with Gasteiger partial charge in [0.05, 0.1) is 5.02 Å². The molecule has 0 fully saturated rings. The van der Waals surface area contributed by atoms with E-state index in [2.05, 4.69) is 9.71 Å².